The van der Waals surface area contributed by atoms with Crippen molar-refractivity contribution >= 4 is 39.7 Å². The van der Waals surface area contributed by atoms with Gasteiger partial charge in [-0.05, 0) is 82.7 Å². The van der Waals surface area contributed by atoms with Crippen LogP contribution in [-0.4, -0.2) is 52.1 Å². The van der Waals surface area contributed by atoms with E-state index in [1.54, 1.807) is 22.1 Å². The highest BCUT2D eigenvalue weighted by Gasteiger charge is 2.30. The Balaban J connectivity index is 1.55. The fourth-order valence-electron chi connectivity index (χ4n) is 4.74. The molecule has 40 heavy (non-hydrogen) atoms. The Kier molecular flexibility index (Phi) is 9.45. The molecule has 9 heteroatoms. The molecule has 1 saturated heterocycles. The molecule has 4 rings (SSSR count). The smallest absolute Gasteiger partial charge is 0.410 e. The minimum Gasteiger partial charge on any atom is -0.444 e. The van der Waals surface area contributed by atoms with Crippen LogP contribution in [0.5, 0.6) is 0 Å². The van der Waals surface area contributed by atoms with Crippen LogP contribution in [0.15, 0.2) is 65.3 Å². The number of amides is 2. The summed E-state index contributed by atoms with van der Waals surface area (Å²) in [5.74, 6) is 1.08. The van der Waals surface area contributed by atoms with E-state index >= 15 is 0 Å². The molecule has 0 spiro atoms. The fraction of sp³-hybridized carbons (Fsp3) is 0.419. The second-order valence-corrected chi connectivity index (χ2v) is 12.1. The number of carbonyl (C=O) groups excluding carboxylic acids is 2. The molecule has 212 valence electrons. The van der Waals surface area contributed by atoms with Crippen molar-refractivity contribution < 1.29 is 14.3 Å². The van der Waals surface area contributed by atoms with E-state index in [0.29, 0.717) is 37.0 Å². The van der Waals surface area contributed by atoms with Gasteiger partial charge in [0.2, 0.25) is 5.95 Å². The molecule has 3 aromatic rings. The van der Waals surface area contributed by atoms with Crippen LogP contribution >= 0.6 is 15.9 Å². The monoisotopic (exact) mass is 607 g/mol. The minimum atomic E-state index is -0.532. The van der Waals surface area contributed by atoms with Crippen molar-refractivity contribution in [3.05, 3.63) is 82.0 Å². The molecular weight excluding hydrogens is 570 g/mol. The van der Waals surface area contributed by atoms with Gasteiger partial charge in [-0.2, -0.15) is 4.98 Å². The van der Waals surface area contributed by atoms with Gasteiger partial charge in [-0.3, -0.25) is 9.69 Å². The molecule has 1 aliphatic heterocycles. The molecule has 1 aromatic heterocycles. The second kappa shape index (κ2) is 12.8. The number of benzene rings is 2. The predicted octanol–water partition coefficient (Wildman–Crippen LogP) is 7.01. The van der Waals surface area contributed by atoms with E-state index < -0.39 is 5.60 Å². The number of nitrogens with zero attached hydrogens (tertiary/aromatic N) is 4. The van der Waals surface area contributed by atoms with Gasteiger partial charge in [-0.15, -0.1) is 0 Å². The summed E-state index contributed by atoms with van der Waals surface area (Å²) in [6, 6.07) is 17.5. The molecule has 0 radical (unpaired) electrons. The average molecular weight is 609 g/mol. The van der Waals surface area contributed by atoms with E-state index in [0.717, 1.165) is 28.4 Å². The number of rotatable bonds is 7. The van der Waals surface area contributed by atoms with Crippen LogP contribution in [-0.2, 0) is 4.74 Å². The van der Waals surface area contributed by atoms with Crippen LogP contribution in [0.4, 0.5) is 16.6 Å². The lowest BCUT2D eigenvalue weighted by atomic mass is 9.95. The van der Waals surface area contributed by atoms with Crippen molar-refractivity contribution in [2.45, 2.75) is 59.1 Å². The number of carbonyl (C=O) groups is 2. The van der Waals surface area contributed by atoms with Gasteiger partial charge in [-0.1, -0.05) is 52.3 Å². The molecule has 1 N–H and O–H groups in total. The summed E-state index contributed by atoms with van der Waals surface area (Å²) in [6.07, 6.45) is 2.92. The number of likely N-dealkylation sites (tertiary alicyclic amines) is 1. The third-order valence-corrected chi connectivity index (χ3v) is 7.87. The van der Waals surface area contributed by atoms with Gasteiger partial charge in [0.15, 0.2) is 0 Å². The Morgan fingerprint density at radius 2 is 1.80 bits per heavy atom. The molecule has 2 heterocycles. The number of nitrogens with one attached hydrogen (secondary N) is 1. The lowest BCUT2D eigenvalue weighted by Crippen LogP contribution is -2.45. The Morgan fingerprint density at radius 1 is 1.10 bits per heavy atom. The standard InChI is InChI=1S/C31H38BrN5O3/c1-21-25(12-9-13-26(21)32)28(38)37(20-23-15-18-36(19-16-23)30(39)40-31(3,4)5)27-14-17-33-29(35-27)34-22(2)24-10-7-6-8-11-24/h6-14,17,22-23H,15-16,18-20H2,1-5H3,(H,33,34,35)/t22-/m0/s1. The highest BCUT2D eigenvalue weighted by molar-refractivity contribution is 9.10. The van der Waals surface area contributed by atoms with Crippen molar-refractivity contribution in [1.82, 2.24) is 14.9 Å². The molecule has 2 aromatic carbocycles. The largest absolute Gasteiger partial charge is 0.444 e. The summed E-state index contributed by atoms with van der Waals surface area (Å²) >= 11 is 3.56. The number of hydrogen-bond donors (Lipinski definition) is 1. The second-order valence-electron chi connectivity index (χ2n) is 11.3. The van der Waals surface area contributed by atoms with E-state index in [1.807, 2.05) is 64.1 Å². The van der Waals surface area contributed by atoms with E-state index in [4.69, 9.17) is 9.72 Å². The highest BCUT2D eigenvalue weighted by atomic mass is 79.9. The Morgan fingerprint density at radius 3 is 2.48 bits per heavy atom. The summed E-state index contributed by atoms with van der Waals surface area (Å²) in [5, 5.41) is 3.37. The van der Waals surface area contributed by atoms with Crippen LogP contribution < -0.4 is 10.2 Å². The third-order valence-electron chi connectivity index (χ3n) is 7.01. The SMILES string of the molecule is Cc1c(Br)cccc1C(=O)N(CC1CCN(C(=O)OC(C)(C)C)CC1)c1ccnc(N[C@@H](C)c2ccccc2)n1. The summed E-state index contributed by atoms with van der Waals surface area (Å²) < 4.78 is 6.43. The maximum atomic E-state index is 14.0. The van der Waals surface area contributed by atoms with Crippen molar-refractivity contribution in [3.63, 3.8) is 0 Å². The van der Waals surface area contributed by atoms with Crippen molar-refractivity contribution in [2.75, 3.05) is 29.9 Å². The Labute approximate surface area is 245 Å². The highest BCUT2D eigenvalue weighted by Crippen LogP contribution is 2.27. The summed E-state index contributed by atoms with van der Waals surface area (Å²) in [5.41, 5.74) is 2.08. The molecule has 1 atom stereocenters. The lowest BCUT2D eigenvalue weighted by molar-refractivity contribution is 0.0185. The molecule has 0 saturated carbocycles. The molecule has 8 nitrogen and oxygen atoms in total. The molecule has 0 bridgehead atoms. The topological polar surface area (TPSA) is 87.7 Å². The number of halogens is 1. The van der Waals surface area contributed by atoms with Gasteiger partial charge < -0.3 is 15.0 Å². The van der Waals surface area contributed by atoms with Gasteiger partial charge in [0.05, 0.1) is 6.04 Å². The van der Waals surface area contributed by atoms with E-state index in [1.165, 1.54) is 0 Å². The van der Waals surface area contributed by atoms with E-state index in [9.17, 15) is 9.59 Å². The average Bonchev–Trinajstić information content (AvgIpc) is 2.93. The minimum absolute atomic E-state index is 0.00916. The molecule has 0 unspecified atom stereocenters. The number of piperidine rings is 1. The number of aromatic nitrogens is 2. The number of hydrogen-bond acceptors (Lipinski definition) is 6. The zero-order valence-corrected chi connectivity index (χ0v) is 25.4. The number of ether oxygens (including phenoxy) is 1. The molecule has 2 amide bonds. The van der Waals surface area contributed by atoms with Gasteiger partial charge >= 0.3 is 6.09 Å². The van der Waals surface area contributed by atoms with Crippen molar-refractivity contribution in [2.24, 2.45) is 5.92 Å². The first kappa shape index (κ1) is 29.5. The number of anilines is 2. The molecular formula is C31H38BrN5O3. The summed E-state index contributed by atoms with van der Waals surface area (Å²) in [7, 11) is 0. The quantitative estimate of drug-likeness (QED) is 0.311. The van der Waals surface area contributed by atoms with Crippen molar-refractivity contribution in [3.8, 4) is 0 Å². The van der Waals surface area contributed by atoms with Gasteiger partial charge in [0.1, 0.15) is 11.4 Å². The van der Waals surface area contributed by atoms with Crippen LogP contribution in [0.3, 0.4) is 0 Å². The van der Waals surface area contributed by atoms with Crippen LogP contribution in [0, 0.1) is 12.8 Å². The third kappa shape index (κ3) is 7.59. The maximum absolute atomic E-state index is 14.0. The first-order chi connectivity index (χ1) is 19.0. The zero-order valence-electron chi connectivity index (χ0n) is 23.9. The molecule has 1 fully saturated rings. The molecule has 1 aliphatic rings. The predicted molar refractivity (Wildman–Crippen MR) is 162 cm³/mol. The zero-order chi connectivity index (χ0) is 28.9. The normalized spacial score (nSPS) is 14.9. The maximum Gasteiger partial charge on any atom is 0.410 e. The fourth-order valence-corrected chi connectivity index (χ4v) is 5.10. The van der Waals surface area contributed by atoms with Gasteiger partial charge in [0, 0.05) is 35.9 Å². The first-order valence-electron chi connectivity index (χ1n) is 13.7. The van der Waals surface area contributed by atoms with E-state index in [-0.39, 0.29) is 24.0 Å². The summed E-state index contributed by atoms with van der Waals surface area (Å²) in [4.78, 5) is 39.3. The Hall–Kier alpha value is -3.46. The van der Waals surface area contributed by atoms with Crippen LogP contribution in [0.25, 0.3) is 0 Å². The van der Waals surface area contributed by atoms with E-state index in [2.05, 4.69) is 45.3 Å². The van der Waals surface area contributed by atoms with Gasteiger partial charge in [0.25, 0.3) is 5.91 Å². The summed E-state index contributed by atoms with van der Waals surface area (Å²) in [6.45, 7) is 11.3. The van der Waals surface area contributed by atoms with Crippen molar-refractivity contribution in [1.29, 1.82) is 0 Å². The van der Waals surface area contributed by atoms with Gasteiger partial charge in [-0.25, -0.2) is 9.78 Å². The lowest BCUT2D eigenvalue weighted by Gasteiger charge is -2.35. The first-order valence-corrected chi connectivity index (χ1v) is 14.5. The molecule has 0 aliphatic carbocycles. The Bertz CT molecular complexity index is 1320. The van der Waals surface area contributed by atoms with Crippen LogP contribution in [0.2, 0.25) is 0 Å². The van der Waals surface area contributed by atoms with Crippen LogP contribution in [0.1, 0.15) is 68.1 Å².